The van der Waals surface area contributed by atoms with E-state index in [4.69, 9.17) is 5.73 Å². The lowest BCUT2D eigenvalue weighted by molar-refractivity contribution is 0.268. The molecule has 1 fully saturated rings. The van der Waals surface area contributed by atoms with Crippen LogP contribution in [0.25, 0.3) is 0 Å². The summed E-state index contributed by atoms with van der Waals surface area (Å²) in [5, 5.41) is 0. The van der Waals surface area contributed by atoms with E-state index >= 15 is 0 Å². The van der Waals surface area contributed by atoms with Gasteiger partial charge in [-0.25, -0.2) is 8.42 Å². The molecule has 2 rings (SSSR count). The molecule has 4 nitrogen and oxygen atoms in total. The predicted molar refractivity (Wildman–Crippen MR) is 79.3 cm³/mol. The molecule has 0 radical (unpaired) electrons. The zero-order valence-electron chi connectivity index (χ0n) is 10.9. The Bertz CT molecular complexity index is 539. The summed E-state index contributed by atoms with van der Waals surface area (Å²) in [5.74, 6) is 0. The van der Waals surface area contributed by atoms with Gasteiger partial charge in [0.1, 0.15) is 0 Å². The molecular formula is C13H19BrN2O2S. The van der Waals surface area contributed by atoms with Crippen molar-refractivity contribution in [3.63, 3.8) is 0 Å². The summed E-state index contributed by atoms with van der Waals surface area (Å²) in [5.41, 5.74) is 5.86. The van der Waals surface area contributed by atoms with Crippen molar-refractivity contribution in [2.75, 3.05) is 7.05 Å². The Morgan fingerprint density at radius 1 is 1.26 bits per heavy atom. The Labute approximate surface area is 123 Å². The normalized spacial score (nSPS) is 24.6. The first-order valence-corrected chi connectivity index (χ1v) is 8.64. The van der Waals surface area contributed by atoms with Crippen LogP contribution in [0.1, 0.15) is 25.7 Å². The van der Waals surface area contributed by atoms with Crippen LogP contribution in [-0.4, -0.2) is 31.9 Å². The van der Waals surface area contributed by atoms with Gasteiger partial charge in [-0.05, 0) is 43.9 Å². The molecule has 6 heteroatoms. The third-order valence-corrected chi connectivity index (χ3v) is 6.13. The van der Waals surface area contributed by atoms with Crippen molar-refractivity contribution >= 4 is 26.0 Å². The maximum Gasteiger partial charge on any atom is 0.243 e. The number of benzene rings is 1. The molecule has 0 spiro atoms. The van der Waals surface area contributed by atoms with Gasteiger partial charge < -0.3 is 5.73 Å². The first kappa shape index (κ1) is 15.0. The third-order valence-electron chi connectivity index (χ3n) is 3.73. The van der Waals surface area contributed by atoms with Crippen LogP contribution in [0, 0.1) is 0 Å². The number of hydrogen-bond donors (Lipinski definition) is 1. The maximum atomic E-state index is 12.5. The lowest BCUT2D eigenvalue weighted by Crippen LogP contribution is -2.41. The van der Waals surface area contributed by atoms with Gasteiger partial charge in [0.15, 0.2) is 0 Å². The number of halogens is 1. The van der Waals surface area contributed by atoms with Crippen LogP contribution in [-0.2, 0) is 10.0 Å². The zero-order valence-corrected chi connectivity index (χ0v) is 13.3. The molecule has 1 aromatic rings. The molecule has 0 unspecified atom stereocenters. The fourth-order valence-corrected chi connectivity index (χ4v) is 4.47. The Kier molecular flexibility index (Phi) is 4.66. The lowest BCUT2D eigenvalue weighted by Gasteiger charge is -2.32. The quantitative estimate of drug-likeness (QED) is 0.913. The van der Waals surface area contributed by atoms with Gasteiger partial charge in [0.2, 0.25) is 10.0 Å². The van der Waals surface area contributed by atoms with Crippen LogP contribution in [0.15, 0.2) is 33.6 Å². The van der Waals surface area contributed by atoms with Gasteiger partial charge in [-0.15, -0.1) is 0 Å². The monoisotopic (exact) mass is 346 g/mol. The number of nitrogens with two attached hydrogens (primary N) is 1. The molecule has 1 aliphatic carbocycles. The van der Waals surface area contributed by atoms with Crippen molar-refractivity contribution in [1.29, 1.82) is 0 Å². The molecule has 1 aliphatic rings. The smallest absolute Gasteiger partial charge is 0.243 e. The molecule has 1 aromatic carbocycles. The Morgan fingerprint density at radius 3 is 2.47 bits per heavy atom. The second-order valence-electron chi connectivity index (χ2n) is 5.05. The molecule has 0 bridgehead atoms. The van der Waals surface area contributed by atoms with Crippen LogP contribution in [0.3, 0.4) is 0 Å². The van der Waals surface area contributed by atoms with Gasteiger partial charge in [-0.3, -0.25) is 0 Å². The van der Waals surface area contributed by atoms with Gasteiger partial charge in [-0.1, -0.05) is 22.0 Å². The van der Waals surface area contributed by atoms with E-state index in [1.54, 1.807) is 25.2 Å². The summed E-state index contributed by atoms with van der Waals surface area (Å²) in [7, 11) is -1.75. The first-order chi connectivity index (χ1) is 8.91. The number of nitrogens with zero attached hydrogens (tertiary/aromatic N) is 1. The van der Waals surface area contributed by atoms with Gasteiger partial charge in [-0.2, -0.15) is 4.31 Å². The highest BCUT2D eigenvalue weighted by Crippen LogP contribution is 2.27. The largest absolute Gasteiger partial charge is 0.328 e. The van der Waals surface area contributed by atoms with Crippen molar-refractivity contribution in [3.05, 3.63) is 28.7 Å². The second-order valence-corrected chi connectivity index (χ2v) is 7.96. The summed E-state index contributed by atoms with van der Waals surface area (Å²) >= 11 is 3.31. The molecule has 2 N–H and O–H groups in total. The minimum atomic E-state index is -3.42. The van der Waals surface area contributed by atoms with Crippen LogP contribution < -0.4 is 5.73 Å². The van der Waals surface area contributed by atoms with Crippen LogP contribution in [0.2, 0.25) is 0 Å². The molecule has 1 saturated carbocycles. The predicted octanol–water partition coefficient (Wildman–Crippen LogP) is 2.34. The van der Waals surface area contributed by atoms with Crippen LogP contribution in [0.4, 0.5) is 0 Å². The number of sulfonamides is 1. The van der Waals surface area contributed by atoms with E-state index in [-0.39, 0.29) is 12.1 Å². The van der Waals surface area contributed by atoms with Crippen molar-refractivity contribution < 1.29 is 8.42 Å². The first-order valence-electron chi connectivity index (χ1n) is 6.40. The average molecular weight is 347 g/mol. The van der Waals surface area contributed by atoms with Crippen molar-refractivity contribution in [2.45, 2.75) is 42.7 Å². The summed E-state index contributed by atoms with van der Waals surface area (Å²) in [6.45, 7) is 0. The number of rotatable bonds is 3. The average Bonchev–Trinajstić information content (AvgIpc) is 2.39. The summed E-state index contributed by atoms with van der Waals surface area (Å²) in [4.78, 5) is 0.333. The number of hydrogen-bond acceptors (Lipinski definition) is 3. The lowest BCUT2D eigenvalue weighted by atomic mass is 9.92. The van der Waals surface area contributed by atoms with Gasteiger partial charge >= 0.3 is 0 Å². The molecule has 0 amide bonds. The molecule has 0 aromatic heterocycles. The van der Waals surface area contributed by atoms with Crippen LogP contribution >= 0.6 is 15.9 Å². The highest BCUT2D eigenvalue weighted by molar-refractivity contribution is 9.10. The van der Waals surface area contributed by atoms with Crippen molar-refractivity contribution in [3.8, 4) is 0 Å². The summed E-state index contributed by atoms with van der Waals surface area (Å²) < 4.78 is 27.3. The van der Waals surface area contributed by atoms with Gasteiger partial charge in [0, 0.05) is 23.6 Å². The second kappa shape index (κ2) is 5.91. The van der Waals surface area contributed by atoms with E-state index in [1.807, 2.05) is 6.07 Å². The summed E-state index contributed by atoms with van der Waals surface area (Å²) in [6, 6.07) is 7.10. The molecular weight excluding hydrogens is 328 g/mol. The van der Waals surface area contributed by atoms with E-state index in [0.29, 0.717) is 4.90 Å². The molecule has 0 atom stereocenters. The SMILES string of the molecule is CN(C1CCC(N)CC1)S(=O)(=O)c1cccc(Br)c1. The maximum absolute atomic E-state index is 12.5. The molecule has 0 heterocycles. The third kappa shape index (κ3) is 3.37. The van der Waals surface area contributed by atoms with E-state index in [9.17, 15) is 8.42 Å². The molecule has 0 saturated heterocycles. The Hall–Kier alpha value is -0.430. The fraction of sp³-hybridized carbons (Fsp3) is 0.538. The minimum Gasteiger partial charge on any atom is -0.328 e. The fourth-order valence-electron chi connectivity index (χ4n) is 2.46. The molecule has 19 heavy (non-hydrogen) atoms. The standard InChI is InChI=1S/C13H19BrN2O2S/c1-16(12-7-5-11(15)6-8-12)19(17,18)13-4-2-3-10(14)9-13/h2-4,9,11-12H,5-8,15H2,1H3. The highest BCUT2D eigenvalue weighted by atomic mass is 79.9. The molecule has 0 aliphatic heterocycles. The zero-order chi connectivity index (χ0) is 14.0. The topological polar surface area (TPSA) is 63.4 Å². The van der Waals surface area contributed by atoms with Crippen molar-refractivity contribution in [1.82, 2.24) is 4.31 Å². The van der Waals surface area contributed by atoms with E-state index in [1.165, 1.54) is 4.31 Å². The Balaban J connectivity index is 2.20. The molecule has 106 valence electrons. The minimum absolute atomic E-state index is 0.0591. The van der Waals surface area contributed by atoms with Crippen molar-refractivity contribution in [2.24, 2.45) is 5.73 Å². The van der Waals surface area contributed by atoms with E-state index in [2.05, 4.69) is 15.9 Å². The Morgan fingerprint density at radius 2 is 1.89 bits per heavy atom. The van der Waals surface area contributed by atoms with E-state index in [0.717, 1.165) is 30.2 Å². The van der Waals surface area contributed by atoms with Gasteiger partial charge in [0.25, 0.3) is 0 Å². The summed E-state index contributed by atoms with van der Waals surface area (Å²) in [6.07, 6.45) is 3.46. The van der Waals surface area contributed by atoms with Gasteiger partial charge in [0.05, 0.1) is 4.90 Å². The van der Waals surface area contributed by atoms with Crippen LogP contribution in [0.5, 0.6) is 0 Å². The highest BCUT2D eigenvalue weighted by Gasteiger charge is 2.30. The van der Waals surface area contributed by atoms with E-state index < -0.39 is 10.0 Å².